The van der Waals surface area contributed by atoms with E-state index in [1.807, 2.05) is 0 Å². The molecule has 0 saturated carbocycles. The average molecular weight is 314 g/mol. The van der Waals surface area contributed by atoms with Gasteiger partial charge in [0, 0.05) is 30.0 Å². The Morgan fingerprint density at radius 2 is 2.05 bits per heavy atom. The van der Waals surface area contributed by atoms with Gasteiger partial charge in [0.15, 0.2) is 0 Å². The Bertz CT molecular complexity index is 540. The van der Waals surface area contributed by atoms with Gasteiger partial charge in [0.1, 0.15) is 4.34 Å². The van der Waals surface area contributed by atoms with Crippen molar-refractivity contribution in [2.45, 2.75) is 30.5 Å². The molecule has 0 aliphatic carbocycles. The van der Waals surface area contributed by atoms with Gasteiger partial charge in [-0.1, -0.05) is 11.8 Å². The van der Waals surface area contributed by atoms with Crippen molar-refractivity contribution in [2.75, 3.05) is 12.3 Å². The fourth-order valence-electron chi connectivity index (χ4n) is 1.86. The van der Waals surface area contributed by atoms with Gasteiger partial charge < -0.3 is 5.11 Å². The van der Waals surface area contributed by atoms with Crippen molar-refractivity contribution in [3.63, 3.8) is 0 Å². The Morgan fingerprint density at radius 1 is 1.40 bits per heavy atom. The van der Waals surface area contributed by atoms with Gasteiger partial charge in [-0.25, -0.2) is 4.98 Å². The van der Waals surface area contributed by atoms with Gasteiger partial charge in [-0.3, -0.25) is 19.3 Å². The number of carbonyl (C=O) groups excluding carboxylic acids is 2. The number of aliphatic carboxylic acids is 1. The molecule has 2 amide bonds. The van der Waals surface area contributed by atoms with Gasteiger partial charge in [-0.15, -0.1) is 11.3 Å². The molecule has 1 aromatic rings. The molecule has 1 N–H and O–H groups in total. The second-order valence-corrected chi connectivity index (χ2v) is 6.77. The van der Waals surface area contributed by atoms with Crippen LogP contribution in [-0.2, 0) is 20.8 Å². The van der Waals surface area contributed by atoms with E-state index in [2.05, 4.69) is 4.98 Å². The molecular weight excluding hydrogens is 300 g/mol. The van der Waals surface area contributed by atoms with Crippen molar-refractivity contribution >= 4 is 40.9 Å². The summed E-state index contributed by atoms with van der Waals surface area (Å²) in [6.07, 6.45) is 0.596. The van der Waals surface area contributed by atoms with Gasteiger partial charge in [0.2, 0.25) is 11.8 Å². The van der Waals surface area contributed by atoms with E-state index in [1.165, 1.54) is 28.0 Å². The summed E-state index contributed by atoms with van der Waals surface area (Å²) in [6.45, 7) is 2.17. The molecular formula is C12H14N2O4S2. The predicted molar refractivity (Wildman–Crippen MR) is 74.9 cm³/mol. The normalized spacial score (nSPS) is 15.2. The summed E-state index contributed by atoms with van der Waals surface area (Å²) < 4.78 is 0.776. The molecule has 108 valence electrons. The van der Waals surface area contributed by atoms with E-state index in [4.69, 9.17) is 5.11 Å². The third-order valence-corrected chi connectivity index (χ3v) is 5.16. The first kappa shape index (κ1) is 15.0. The largest absolute Gasteiger partial charge is 0.481 e. The highest BCUT2D eigenvalue weighted by Crippen LogP contribution is 2.28. The number of thiazole rings is 1. The van der Waals surface area contributed by atoms with Crippen LogP contribution in [0, 0.1) is 6.92 Å². The summed E-state index contributed by atoms with van der Waals surface area (Å²) in [5.41, 5.74) is 0.730. The predicted octanol–water partition coefficient (Wildman–Crippen LogP) is 1.32. The number of imide groups is 1. The van der Waals surface area contributed by atoms with Gasteiger partial charge in [0.05, 0.1) is 12.1 Å². The Morgan fingerprint density at radius 3 is 2.65 bits per heavy atom. The first-order chi connectivity index (χ1) is 9.47. The Balaban J connectivity index is 1.87. The maximum Gasteiger partial charge on any atom is 0.308 e. The number of aromatic nitrogens is 1. The first-order valence-corrected chi connectivity index (χ1v) is 7.91. The third kappa shape index (κ3) is 3.57. The summed E-state index contributed by atoms with van der Waals surface area (Å²) >= 11 is 2.80. The molecule has 0 unspecified atom stereocenters. The van der Waals surface area contributed by atoms with Gasteiger partial charge >= 0.3 is 5.97 Å². The van der Waals surface area contributed by atoms with E-state index >= 15 is 0 Å². The van der Waals surface area contributed by atoms with Crippen molar-refractivity contribution in [3.05, 3.63) is 10.6 Å². The lowest BCUT2D eigenvalue weighted by Gasteiger charge is -2.12. The second-order valence-electron chi connectivity index (χ2n) is 4.35. The van der Waals surface area contributed by atoms with Crippen LogP contribution in [0.1, 0.15) is 23.4 Å². The highest BCUT2D eigenvalue weighted by molar-refractivity contribution is 8.01. The van der Waals surface area contributed by atoms with Crippen molar-refractivity contribution in [1.29, 1.82) is 0 Å². The van der Waals surface area contributed by atoms with Crippen molar-refractivity contribution in [1.82, 2.24) is 9.88 Å². The molecule has 0 radical (unpaired) electrons. The highest BCUT2D eigenvalue weighted by Gasteiger charge is 2.28. The molecule has 2 heterocycles. The van der Waals surface area contributed by atoms with Crippen LogP contribution in [0.3, 0.4) is 0 Å². The lowest BCUT2D eigenvalue weighted by atomic mass is 10.3. The van der Waals surface area contributed by atoms with Crippen LogP contribution in [0.25, 0.3) is 0 Å². The number of hydrogen-bond donors (Lipinski definition) is 1. The number of hydrogen-bond acceptors (Lipinski definition) is 6. The minimum atomic E-state index is -0.874. The fraction of sp³-hybridized carbons (Fsp3) is 0.500. The fourth-order valence-corrected chi connectivity index (χ4v) is 4.08. The molecule has 0 aromatic carbocycles. The number of carbonyl (C=O) groups is 3. The Kier molecular flexibility index (Phi) is 4.77. The quantitative estimate of drug-likeness (QED) is 0.629. The minimum Gasteiger partial charge on any atom is -0.481 e. The molecule has 0 bridgehead atoms. The summed E-state index contributed by atoms with van der Waals surface area (Å²) in [6, 6.07) is 0. The van der Waals surface area contributed by atoms with Crippen LogP contribution in [0.4, 0.5) is 0 Å². The molecule has 1 fully saturated rings. The van der Waals surface area contributed by atoms with E-state index in [1.54, 1.807) is 6.92 Å². The van der Waals surface area contributed by atoms with Crippen LogP contribution in [0.15, 0.2) is 4.34 Å². The molecule has 20 heavy (non-hydrogen) atoms. The maximum atomic E-state index is 11.4. The number of amides is 2. The van der Waals surface area contributed by atoms with E-state index in [0.717, 1.165) is 14.9 Å². The molecule has 1 aromatic heterocycles. The van der Waals surface area contributed by atoms with Crippen molar-refractivity contribution in [3.8, 4) is 0 Å². The number of aryl methyl sites for hydroxylation is 1. The van der Waals surface area contributed by atoms with Crippen LogP contribution in [0.2, 0.25) is 0 Å². The number of likely N-dealkylation sites (tertiary alicyclic amines) is 1. The molecule has 0 atom stereocenters. The number of thioether (sulfide) groups is 1. The van der Waals surface area contributed by atoms with Crippen LogP contribution < -0.4 is 0 Å². The molecule has 2 rings (SSSR count). The second kappa shape index (κ2) is 6.36. The van der Waals surface area contributed by atoms with E-state index < -0.39 is 5.97 Å². The smallest absolute Gasteiger partial charge is 0.308 e. The van der Waals surface area contributed by atoms with Crippen molar-refractivity contribution in [2.24, 2.45) is 0 Å². The zero-order chi connectivity index (χ0) is 14.7. The first-order valence-electron chi connectivity index (χ1n) is 6.11. The Hall–Kier alpha value is -1.41. The lowest BCUT2D eigenvalue weighted by Crippen LogP contribution is -2.31. The van der Waals surface area contributed by atoms with E-state index in [-0.39, 0.29) is 18.2 Å². The van der Waals surface area contributed by atoms with Gasteiger partial charge in [-0.2, -0.15) is 0 Å². The summed E-state index contributed by atoms with van der Waals surface area (Å²) in [5.74, 6) is -0.520. The molecule has 1 aliphatic rings. The standard InChI is InChI=1S/C12H14N2O4S2/c1-7-8(6-11(17)18)20-12(13-7)19-5-4-14-9(15)2-3-10(14)16/h2-6H2,1H3,(H,17,18). The summed E-state index contributed by atoms with van der Waals surface area (Å²) in [4.78, 5) is 39.9. The minimum absolute atomic E-state index is 0.0207. The maximum absolute atomic E-state index is 11.4. The number of carboxylic acid groups (broad SMARTS) is 1. The third-order valence-electron chi connectivity index (χ3n) is 2.88. The molecule has 8 heteroatoms. The van der Waals surface area contributed by atoms with E-state index in [9.17, 15) is 14.4 Å². The number of rotatable bonds is 6. The molecule has 6 nitrogen and oxygen atoms in total. The van der Waals surface area contributed by atoms with Crippen LogP contribution in [-0.4, -0.2) is 45.1 Å². The zero-order valence-corrected chi connectivity index (χ0v) is 12.6. The highest BCUT2D eigenvalue weighted by atomic mass is 32.2. The Labute approximate surface area is 124 Å². The monoisotopic (exact) mass is 314 g/mol. The van der Waals surface area contributed by atoms with Crippen LogP contribution in [0.5, 0.6) is 0 Å². The SMILES string of the molecule is Cc1nc(SCCN2C(=O)CCC2=O)sc1CC(=O)O. The summed E-state index contributed by atoms with van der Waals surface area (Å²) in [5, 5.41) is 8.77. The van der Waals surface area contributed by atoms with Gasteiger partial charge in [0.25, 0.3) is 0 Å². The number of carboxylic acids is 1. The zero-order valence-electron chi connectivity index (χ0n) is 10.9. The van der Waals surface area contributed by atoms with Crippen LogP contribution >= 0.6 is 23.1 Å². The molecule has 1 aliphatic heterocycles. The van der Waals surface area contributed by atoms with Crippen molar-refractivity contribution < 1.29 is 19.5 Å². The van der Waals surface area contributed by atoms with E-state index in [0.29, 0.717) is 25.1 Å². The molecule has 0 spiro atoms. The number of nitrogens with zero attached hydrogens (tertiary/aromatic N) is 2. The summed E-state index contributed by atoms with van der Waals surface area (Å²) in [7, 11) is 0. The average Bonchev–Trinajstić information content (AvgIpc) is 2.86. The van der Waals surface area contributed by atoms with Gasteiger partial charge in [-0.05, 0) is 6.92 Å². The molecule has 1 saturated heterocycles. The lowest BCUT2D eigenvalue weighted by molar-refractivity contribution is -0.138. The topological polar surface area (TPSA) is 87.6 Å².